The van der Waals surface area contributed by atoms with E-state index in [4.69, 9.17) is 23.7 Å². The maximum atomic E-state index is 6.10. The minimum atomic E-state index is -0.159. The summed E-state index contributed by atoms with van der Waals surface area (Å²) in [7, 11) is 0. The number of anilines is 5. The minimum absolute atomic E-state index is 0.159. The number of para-hydroxylation sites is 6. The number of hydrogen-bond acceptors (Lipinski definition) is 10. The van der Waals surface area contributed by atoms with E-state index < -0.39 is 0 Å². The molecule has 5 heterocycles. The Labute approximate surface area is 493 Å². The van der Waals surface area contributed by atoms with Crippen molar-refractivity contribution >= 4 is 28.4 Å². The Morgan fingerprint density at radius 1 is 0.274 bits per heavy atom. The molecule has 15 rings (SSSR count). The standard InChI is InChI=1S/C31H30N2O2.C29H26N2O2.C14H13NO/c1-31(2,25-13-15-29-23(17-25)19-32(21-34-29)27-9-5-3-6-10-27)26-14-16-30-24(18-26)20-33(22-35-30)28-11-7-4-8-12-28;1-3-7-26(8-4-1)30-18-24-16-22(11-13-28(24)32-20-30)15-23-12-14-29-25(17-23)19-31(21-33-29)27-9-5-2-6-10-27;1-2-7-13(8-3-1)15-10-12-6-4-5-9-14(12)16-11-15/h3-18H,19-22H2,1-2H3;1-14,16-17H,15,18-21H2;1-9H,10-11H2. The van der Waals surface area contributed by atoms with Crippen molar-refractivity contribution in [2.75, 3.05) is 58.2 Å². The van der Waals surface area contributed by atoms with E-state index in [0.29, 0.717) is 33.7 Å². The summed E-state index contributed by atoms with van der Waals surface area (Å²) in [6.07, 6.45) is 0.886. The zero-order valence-corrected chi connectivity index (χ0v) is 47.7. The fourth-order valence-corrected chi connectivity index (χ4v) is 11.7. The van der Waals surface area contributed by atoms with Gasteiger partial charge in [0.2, 0.25) is 0 Å². The summed E-state index contributed by atoms with van der Waals surface area (Å²) in [6, 6.07) is 86.9. The Hall–Kier alpha value is -9.80. The van der Waals surface area contributed by atoms with E-state index in [1.165, 1.54) is 78.5 Å². The Kier molecular flexibility index (Phi) is 15.5. The predicted molar refractivity (Wildman–Crippen MR) is 338 cm³/mol. The van der Waals surface area contributed by atoms with Crippen molar-refractivity contribution in [3.63, 3.8) is 0 Å². The van der Waals surface area contributed by atoms with Crippen LogP contribution in [0, 0.1) is 0 Å². The molecule has 10 heteroatoms. The van der Waals surface area contributed by atoms with E-state index >= 15 is 0 Å². The van der Waals surface area contributed by atoms with Gasteiger partial charge in [0.1, 0.15) is 28.7 Å². The first-order valence-corrected chi connectivity index (χ1v) is 29.1. The smallest absolute Gasteiger partial charge is 0.161 e. The molecule has 10 aromatic rings. The largest absolute Gasteiger partial charge is 0.473 e. The first-order valence-electron chi connectivity index (χ1n) is 29.1. The molecule has 0 saturated heterocycles. The van der Waals surface area contributed by atoms with Gasteiger partial charge in [-0.05, 0) is 144 Å². The molecule has 0 aromatic heterocycles. The fourth-order valence-electron chi connectivity index (χ4n) is 11.7. The van der Waals surface area contributed by atoms with Crippen LogP contribution >= 0.6 is 0 Å². The van der Waals surface area contributed by atoms with Gasteiger partial charge < -0.3 is 48.2 Å². The molecule has 0 radical (unpaired) electrons. The fraction of sp³-hybridized carbons (Fsp3) is 0.189. The molecule has 10 nitrogen and oxygen atoms in total. The molecule has 0 saturated carbocycles. The van der Waals surface area contributed by atoms with E-state index in [2.05, 4.69) is 245 Å². The van der Waals surface area contributed by atoms with Gasteiger partial charge in [0.05, 0.1) is 0 Å². The molecule has 10 aromatic carbocycles. The third-order valence-corrected chi connectivity index (χ3v) is 16.5. The highest BCUT2D eigenvalue weighted by atomic mass is 16.5. The van der Waals surface area contributed by atoms with Gasteiger partial charge in [0.25, 0.3) is 0 Å². The van der Waals surface area contributed by atoms with Gasteiger partial charge in [-0.15, -0.1) is 0 Å². The van der Waals surface area contributed by atoms with Crippen molar-refractivity contribution in [2.24, 2.45) is 0 Å². The summed E-state index contributed by atoms with van der Waals surface area (Å²) >= 11 is 0. The molecule has 5 aliphatic rings. The van der Waals surface area contributed by atoms with Crippen LogP contribution in [0.1, 0.15) is 63.9 Å². The van der Waals surface area contributed by atoms with Crippen LogP contribution in [-0.4, -0.2) is 33.7 Å². The van der Waals surface area contributed by atoms with E-state index in [0.717, 1.165) is 67.9 Å². The summed E-state index contributed by atoms with van der Waals surface area (Å²) in [5.74, 6) is 4.95. The van der Waals surface area contributed by atoms with Crippen molar-refractivity contribution in [3.8, 4) is 28.7 Å². The molecule has 5 aliphatic heterocycles. The molecule has 0 bridgehead atoms. The van der Waals surface area contributed by atoms with Crippen molar-refractivity contribution in [3.05, 3.63) is 299 Å². The SMILES string of the molecule is CC(C)(c1ccc2c(c1)CN(c1ccccc1)CO2)c1ccc2c(c1)CN(c1ccccc1)CO2.c1ccc(N2COc3ccc(Cc4ccc5c(c4)CN(c4ccccc4)CO5)cc3C2)cc1.c1ccc(N2COc3ccccc3C2)cc1. The zero-order valence-electron chi connectivity index (χ0n) is 47.7. The lowest BCUT2D eigenvalue weighted by Crippen LogP contribution is -2.32. The normalized spacial score (nSPS) is 14.7. The molecular weight excluding hydrogens is 1040 g/mol. The number of rotatable bonds is 9. The predicted octanol–water partition coefficient (Wildman–Crippen LogP) is 15.8. The van der Waals surface area contributed by atoms with Gasteiger partial charge >= 0.3 is 0 Å². The first kappa shape index (κ1) is 53.5. The first-order chi connectivity index (χ1) is 41.3. The topological polar surface area (TPSA) is 62.3 Å². The summed E-state index contributed by atoms with van der Waals surface area (Å²) in [5.41, 5.74) is 17.1. The second kappa shape index (κ2) is 24.3. The highest BCUT2D eigenvalue weighted by Crippen LogP contribution is 2.40. The average Bonchev–Trinajstić information content (AvgIpc) is 3.72. The van der Waals surface area contributed by atoms with Gasteiger partial charge in [-0.1, -0.05) is 147 Å². The molecule has 0 amide bonds. The van der Waals surface area contributed by atoms with Crippen LogP contribution in [0.5, 0.6) is 28.7 Å². The van der Waals surface area contributed by atoms with Crippen LogP contribution in [0.25, 0.3) is 0 Å². The van der Waals surface area contributed by atoms with Gasteiger partial charge in [-0.2, -0.15) is 0 Å². The molecule has 0 spiro atoms. The number of nitrogens with zero attached hydrogens (tertiary/aromatic N) is 5. The van der Waals surface area contributed by atoms with Crippen LogP contribution in [-0.2, 0) is 44.6 Å². The van der Waals surface area contributed by atoms with Gasteiger partial charge in [-0.25, -0.2) is 0 Å². The Morgan fingerprint density at radius 2 is 0.536 bits per heavy atom. The molecule has 0 aliphatic carbocycles. The number of hydrogen-bond donors (Lipinski definition) is 0. The number of ether oxygens (including phenoxy) is 5. The third-order valence-electron chi connectivity index (χ3n) is 16.5. The Bertz CT molecular complexity index is 3630. The maximum absolute atomic E-state index is 6.10. The average molecular weight is 1110 g/mol. The van der Waals surface area contributed by atoms with Crippen LogP contribution in [0.4, 0.5) is 28.4 Å². The highest BCUT2D eigenvalue weighted by Gasteiger charge is 2.29. The van der Waals surface area contributed by atoms with Crippen molar-refractivity contribution in [1.29, 1.82) is 0 Å². The summed E-state index contributed by atoms with van der Waals surface area (Å²) < 4.78 is 30.0. The van der Waals surface area contributed by atoms with Crippen LogP contribution < -0.4 is 48.2 Å². The van der Waals surface area contributed by atoms with E-state index in [1.807, 2.05) is 42.5 Å². The Balaban J connectivity index is 0.000000125. The summed E-state index contributed by atoms with van der Waals surface area (Å²) in [5, 5.41) is 0. The van der Waals surface area contributed by atoms with Gasteiger partial charge in [0.15, 0.2) is 33.7 Å². The summed E-state index contributed by atoms with van der Waals surface area (Å²) in [6.45, 7) is 11.8. The van der Waals surface area contributed by atoms with Crippen LogP contribution in [0.3, 0.4) is 0 Å². The highest BCUT2D eigenvalue weighted by molar-refractivity contribution is 5.57. The molecule has 84 heavy (non-hydrogen) atoms. The lowest BCUT2D eigenvalue weighted by molar-refractivity contribution is 0.288. The van der Waals surface area contributed by atoms with Gasteiger partial charge in [0, 0.05) is 94.4 Å². The van der Waals surface area contributed by atoms with E-state index in [9.17, 15) is 0 Å². The van der Waals surface area contributed by atoms with Crippen molar-refractivity contribution in [1.82, 2.24) is 0 Å². The zero-order chi connectivity index (χ0) is 56.7. The van der Waals surface area contributed by atoms with Crippen molar-refractivity contribution < 1.29 is 23.7 Å². The third kappa shape index (κ3) is 12.1. The van der Waals surface area contributed by atoms with Crippen LogP contribution in [0.15, 0.2) is 249 Å². The molecule has 420 valence electrons. The molecule has 0 fully saturated rings. The van der Waals surface area contributed by atoms with Crippen LogP contribution in [0.2, 0.25) is 0 Å². The number of benzene rings is 10. The van der Waals surface area contributed by atoms with Gasteiger partial charge in [-0.3, -0.25) is 0 Å². The quantitative estimate of drug-likeness (QED) is 0.140. The lowest BCUT2D eigenvalue weighted by Gasteiger charge is -2.34. The monoisotopic (exact) mass is 1110 g/mol. The van der Waals surface area contributed by atoms with E-state index in [-0.39, 0.29) is 5.41 Å². The number of fused-ring (bicyclic) bond motifs is 5. The Morgan fingerprint density at radius 3 is 0.869 bits per heavy atom. The van der Waals surface area contributed by atoms with E-state index in [1.54, 1.807) is 0 Å². The molecule has 0 N–H and O–H groups in total. The molecule has 0 atom stereocenters. The van der Waals surface area contributed by atoms with Crippen molar-refractivity contribution in [2.45, 2.75) is 58.4 Å². The second-order valence-corrected chi connectivity index (χ2v) is 22.5. The molecule has 0 unspecified atom stereocenters. The summed E-state index contributed by atoms with van der Waals surface area (Å²) in [4.78, 5) is 11.3. The maximum Gasteiger partial charge on any atom is 0.161 e. The minimum Gasteiger partial charge on any atom is -0.473 e. The second-order valence-electron chi connectivity index (χ2n) is 22.5. The molecular formula is C74H69N5O5. The lowest BCUT2D eigenvalue weighted by atomic mass is 9.77.